The highest BCUT2D eigenvalue weighted by atomic mass is 16.5. The van der Waals surface area contributed by atoms with Gasteiger partial charge in [0.2, 0.25) is 5.91 Å². The molecule has 0 spiro atoms. The number of benzene rings is 1. The van der Waals surface area contributed by atoms with Crippen LogP contribution < -0.4 is 21.1 Å². The van der Waals surface area contributed by atoms with Gasteiger partial charge in [0, 0.05) is 32.8 Å². The molecule has 1 aliphatic heterocycles. The van der Waals surface area contributed by atoms with E-state index < -0.39 is 5.41 Å². The van der Waals surface area contributed by atoms with E-state index in [0.29, 0.717) is 51.4 Å². The molecule has 0 aliphatic carbocycles. The number of ether oxygens (including phenoxy) is 2. The highest BCUT2D eigenvalue weighted by Crippen LogP contribution is 2.29. The summed E-state index contributed by atoms with van der Waals surface area (Å²) in [6.45, 7) is 4.23. The predicted octanol–water partition coefficient (Wildman–Crippen LogP) is 0.573. The van der Waals surface area contributed by atoms with E-state index in [0.717, 1.165) is 5.56 Å². The quantitative estimate of drug-likeness (QED) is 0.637. The van der Waals surface area contributed by atoms with E-state index in [1.807, 2.05) is 25.1 Å². The predicted molar refractivity (Wildman–Crippen MR) is 94.0 cm³/mol. The molecule has 0 bridgehead atoms. The van der Waals surface area contributed by atoms with E-state index in [-0.39, 0.29) is 18.4 Å². The summed E-state index contributed by atoms with van der Waals surface area (Å²) >= 11 is 0. The minimum absolute atomic E-state index is 0.0278. The Morgan fingerprint density at radius 1 is 1.28 bits per heavy atom. The van der Waals surface area contributed by atoms with Gasteiger partial charge < -0.3 is 25.8 Å². The van der Waals surface area contributed by atoms with Gasteiger partial charge in [-0.2, -0.15) is 0 Å². The van der Waals surface area contributed by atoms with Crippen molar-refractivity contribution in [2.24, 2.45) is 11.1 Å². The molecule has 0 atom stereocenters. The molecule has 7 nitrogen and oxygen atoms in total. The van der Waals surface area contributed by atoms with Crippen molar-refractivity contribution in [2.75, 3.05) is 32.9 Å². The summed E-state index contributed by atoms with van der Waals surface area (Å²) in [6.07, 6.45) is 1.29. The topological polar surface area (TPSA) is 103 Å². The van der Waals surface area contributed by atoms with Gasteiger partial charge in [0.25, 0.3) is 5.91 Å². The maximum absolute atomic E-state index is 12.6. The van der Waals surface area contributed by atoms with E-state index in [1.165, 1.54) is 0 Å². The highest BCUT2D eigenvalue weighted by molar-refractivity contribution is 5.83. The molecule has 1 aromatic carbocycles. The lowest BCUT2D eigenvalue weighted by Gasteiger charge is -2.34. The van der Waals surface area contributed by atoms with Crippen LogP contribution in [0.25, 0.3) is 0 Å². The Kier molecular flexibility index (Phi) is 7.21. The van der Waals surface area contributed by atoms with Crippen LogP contribution in [0, 0.1) is 5.41 Å². The van der Waals surface area contributed by atoms with Gasteiger partial charge in [0.15, 0.2) is 6.61 Å². The van der Waals surface area contributed by atoms with Gasteiger partial charge in [-0.25, -0.2) is 0 Å². The normalized spacial score (nSPS) is 16.1. The molecule has 1 fully saturated rings. The zero-order valence-electron chi connectivity index (χ0n) is 14.7. The van der Waals surface area contributed by atoms with Gasteiger partial charge in [-0.1, -0.05) is 12.1 Å². The molecular formula is C18H27N3O4. The van der Waals surface area contributed by atoms with Crippen molar-refractivity contribution >= 4 is 11.8 Å². The van der Waals surface area contributed by atoms with Crippen LogP contribution >= 0.6 is 0 Å². The molecule has 1 aliphatic rings. The first-order valence-electron chi connectivity index (χ1n) is 8.64. The van der Waals surface area contributed by atoms with Gasteiger partial charge >= 0.3 is 0 Å². The number of hydrogen-bond acceptors (Lipinski definition) is 5. The summed E-state index contributed by atoms with van der Waals surface area (Å²) in [5.41, 5.74) is 6.22. The zero-order chi connectivity index (χ0) is 18.1. The first-order chi connectivity index (χ1) is 12.1. The number of nitrogens with one attached hydrogen (secondary N) is 2. The third-order valence-electron chi connectivity index (χ3n) is 4.42. The summed E-state index contributed by atoms with van der Waals surface area (Å²) in [5.74, 6) is 0.398. The van der Waals surface area contributed by atoms with E-state index in [9.17, 15) is 9.59 Å². The molecule has 2 rings (SSSR count). The van der Waals surface area contributed by atoms with E-state index in [2.05, 4.69) is 10.6 Å². The Hall–Kier alpha value is -2.12. The molecule has 0 unspecified atom stereocenters. The molecule has 0 saturated carbocycles. The van der Waals surface area contributed by atoms with Crippen molar-refractivity contribution in [2.45, 2.75) is 26.3 Å². The minimum atomic E-state index is -0.537. The standard InChI is InChI=1S/C18H27N3O4/c1-2-20-16(22)12-25-15-5-3-4-14(10-15)11-21-17(23)18(13-19)6-8-24-9-7-18/h3-5,10H,2,6-9,11-13,19H2,1H3,(H,20,22)(H,21,23). The first-order valence-corrected chi connectivity index (χ1v) is 8.64. The molecule has 4 N–H and O–H groups in total. The average Bonchev–Trinajstić information content (AvgIpc) is 2.65. The smallest absolute Gasteiger partial charge is 0.257 e. The van der Waals surface area contributed by atoms with E-state index in [1.54, 1.807) is 6.07 Å². The van der Waals surface area contributed by atoms with E-state index in [4.69, 9.17) is 15.2 Å². The minimum Gasteiger partial charge on any atom is -0.484 e. The van der Waals surface area contributed by atoms with Crippen molar-refractivity contribution in [3.05, 3.63) is 29.8 Å². The lowest BCUT2D eigenvalue weighted by Crippen LogP contribution is -2.48. The average molecular weight is 349 g/mol. The summed E-state index contributed by atoms with van der Waals surface area (Å²) in [7, 11) is 0. The van der Waals surface area contributed by atoms with Gasteiger partial charge in [-0.15, -0.1) is 0 Å². The Balaban J connectivity index is 1.88. The van der Waals surface area contributed by atoms with E-state index >= 15 is 0 Å². The third-order valence-corrected chi connectivity index (χ3v) is 4.42. The largest absolute Gasteiger partial charge is 0.484 e. The molecule has 0 radical (unpaired) electrons. The van der Waals surface area contributed by atoms with Crippen LogP contribution in [0.1, 0.15) is 25.3 Å². The van der Waals surface area contributed by atoms with Crippen molar-refractivity contribution in [3.63, 3.8) is 0 Å². The molecule has 0 aromatic heterocycles. The SMILES string of the molecule is CCNC(=O)COc1cccc(CNC(=O)C2(CN)CCOCC2)c1. The van der Waals surface area contributed by atoms with Crippen molar-refractivity contribution in [1.82, 2.24) is 10.6 Å². The zero-order valence-corrected chi connectivity index (χ0v) is 14.7. The number of hydrogen-bond donors (Lipinski definition) is 3. The Morgan fingerprint density at radius 3 is 2.72 bits per heavy atom. The van der Waals surface area contributed by atoms with Crippen molar-refractivity contribution in [1.29, 1.82) is 0 Å². The maximum Gasteiger partial charge on any atom is 0.257 e. The van der Waals surface area contributed by atoms with Crippen LogP contribution in [0.15, 0.2) is 24.3 Å². The highest BCUT2D eigenvalue weighted by Gasteiger charge is 2.38. The maximum atomic E-state index is 12.6. The number of carbonyl (C=O) groups excluding carboxylic acids is 2. The lowest BCUT2D eigenvalue weighted by atomic mass is 9.79. The number of rotatable bonds is 8. The summed E-state index contributed by atoms with van der Waals surface area (Å²) in [5, 5.41) is 5.64. The summed E-state index contributed by atoms with van der Waals surface area (Å²) in [6, 6.07) is 7.34. The summed E-state index contributed by atoms with van der Waals surface area (Å²) in [4.78, 5) is 24.0. The Morgan fingerprint density at radius 2 is 2.04 bits per heavy atom. The monoisotopic (exact) mass is 349 g/mol. The van der Waals surface area contributed by atoms with Crippen LogP contribution in [-0.2, 0) is 20.9 Å². The molecule has 138 valence electrons. The van der Waals surface area contributed by atoms with Crippen molar-refractivity contribution < 1.29 is 19.1 Å². The van der Waals surface area contributed by atoms with Gasteiger partial charge in [0.1, 0.15) is 5.75 Å². The van der Waals surface area contributed by atoms with Crippen molar-refractivity contribution in [3.8, 4) is 5.75 Å². The van der Waals surface area contributed by atoms with Gasteiger partial charge in [0.05, 0.1) is 5.41 Å². The molecule has 1 aromatic rings. The second kappa shape index (κ2) is 9.39. The van der Waals surface area contributed by atoms with Crippen LogP contribution in [0.4, 0.5) is 0 Å². The van der Waals surface area contributed by atoms with Crippen LogP contribution in [-0.4, -0.2) is 44.7 Å². The van der Waals surface area contributed by atoms with Gasteiger partial charge in [-0.3, -0.25) is 9.59 Å². The first kappa shape index (κ1) is 19.2. The molecule has 2 amide bonds. The fraction of sp³-hybridized carbons (Fsp3) is 0.556. The lowest BCUT2D eigenvalue weighted by molar-refractivity contribution is -0.136. The van der Waals surface area contributed by atoms with Crippen LogP contribution in [0.2, 0.25) is 0 Å². The second-order valence-corrected chi connectivity index (χ2v) is 6.17. The Bertz CT molecular complexity index is 585. The second-order valence-electron chi connectivity index (χ2n) is 6.17. The Labute approximate surface area is 148 Å². The summed E-state index contributed by atoms with van der Waals surface area (Å²) < 4.78 is 10.8. The van der Waals surface area contributed by atoms with Gasteiger partial charge in [-0.05, 0) is 37.5 Å². The van der Waals surface area contributed by atoms with Crippen LogP contribution in [0.5, 0.6) is 5.75 Å². The molecule has 7 heteroatoms. The molecule has 25 heavy (non-hydrogen) atoms. The fourth-order valence-electron chi connectivity index (χ4n) is 2.80. The number of nitrogens with two attached hydrogens (primary N) is 1. The number of carbonyl (C=O) groups is 2. The van der Waals surface area contributed by atoms with Crippen LogP contribution in [0.3, 0.4) is 0 Å². The molecule has 1 heterocycles. The number of amides is 2. The third kappa shape index (κ3) is 5.44. The number of likely N-dealkylation sites (N-methyl/N-ethyl adjacent to an activating group) is 1. The fourth-order valence-corrected chi connectivity index (χ4v) is 2.80. The molecule has 1 saturated heterocycles. The molecular weight excluding hydrogens is 322 g/mol.